The van der Waals surface area contributed by atoms with Crippen LogP contribution in [0.4, 0.5) is 0 Å². The van der Waals surface area contributed by atoms with Gasteiger partial charge < -0.3 is 10.5 Å². The highest BCUT2D eigenvalue weighted by molar-refractivity contribution is 4.92. The lowest BCUT2D eigenvalue weighted by Crippen LogP contribution is -2.53. The smallest absolute Gasteiger partial charge is 0.0462 e. The first-order valence-corrected chi connectivity index (χ1v) is 7.73. The van der Waals surface area contributed by atoms with Gasteiger partial charge in [0.15, 0.2) is 0 Å². The molecule has 1 aliphatic rings. The van der Waals surface area contributed by atoms with Gasteiger partial charge in [0.05, 0.1) is 0 Å². The van der Waals surface area contributed by atoms with E-state index in [2.05, 4.69) is 11.8 Å². The Kier molecular flexibility index (Phi) is 7.87. The van der Waals surface area contributed by atoms with E-state index in [1.165, 1.54) is 51.5 Å². The van der Waals surface area contributed by atoms with E-state index >= 15 is 0 Å². The SMILES string of the molecule is CCN(CCCCOC)C1(CN)CCCCCC1. The first-order valence-electron chi connectivity index (χ1n) is 7.73. The third kappa shape index (κ3) is 4.52. The predicted molar refractivity (Wildman–Crippen MR) is 77.8 cm³/mol. The van der Waals surface area contributed by atoms with Crippen molar-refractivity contribution in [1.29, 1.82) is 0 Å². The van der Waals surface area contributed by atoms with Crippen LogP contribution in [-0.2, 0) is 4.74 Å². The van der Waals surface area contributed by atoms with E-state index in [4.69, 9.17) is 10.5 Å². The van der Waals surface area contributed by atoms with Gasteiger partial charge in [-0.1, -0.05) is 32.6 Å². The topological polar surface area (TPSA) is 38.5 Å². The summed E-state index contributed by atoms with van der Waals surface area (Å²) >= 11 is 0. The highest BCUT2D eigenvalue weighted by Crippen LogP contribution is 2.32. The largest absolute Gasteiger partial charge is 0.385 e. The van der Waals surface area contributed by atoms with Crippen molar-refractivity contribution in [3.8, 4) is 0 Å². The van der Waals surface area contributed by atoms with Gasteiger partial charge in [0.1, 0.15) is 0 Å². The van der Waals surface area contributed by atoms with Crippen LogP contribution in [0.2, 0.25) is 0 Å². The van der Waals surface area contributed by atoms with Crippen LogP contribution in [0, 0.1) is 0 Å². The molecule has 0 amide bonds. The Balaban J connectivity index is 2.51. The van der Waals surface area contributed by atoms with Crippen LogP contribution in [0.3, 0.4) is 0 Å². The molecule has 1 rings (SSSR count). The summed E-state index contributed by atoms with van der Waals surface area (Å²) in [5.74, 6) is 0. The average Bonchev–Trinajstić information content (AvgIpc) is 2.65. The maximum absolute atomic E-state index is 6.15. The molecule has 0 bridgehead atoms. The van der Waals surface area contributed by atoms with Crippen molar-refractivity contribution in [3.63, 3.8) is 0 Å². The van der Waals surface area contributed by atoms with Gasteiger partial charge in [-0.25, -0.2) is 0 Å². The fourth-order valence-corrected chi connectivity index (χ4v) is 3.32. The molecule has 3 heteroatoms. The molecule has 0 aromatic carbocycles. The van der Waals surface area contributed by atoms with E-state index in [1.807, 2.05) is 0 Å². The van der Waals surface area contributed by atoms with Gasteiger partial charge in [0.2, 0.25) is 0 Å². The van der Waals surface area contributed by atoms with Gasteiger partial charge >= 0.3 is 0 Å². The van der Waals surface area contributed by atoms with E-state index in [-0.39, 0.29) is 0 Å². The number of hydrogen-bond donors (Lipinski definition) is 1. The number of unbranched alkanes of at least 4 members (excludes halogenated alkanes) is 1. The Labute approximate surface area is 113 Å². The van der Waals surface area contributed by atoms with E-state index in [0.29, 0.717) is 5.54 Å². The third-order valence-corrected chi connectivity index (χ3v) is 4.49. The molecule has 0 aliphatic heterocycles. The highest BCUT2D eigenvalue weighted by Gasteiger charge is 2.34. The number of methoxy groups -OCH3 is 1. The Hall–Kier alpha value is -0.120. The Morgan fingerprint density at radius 2 is 1.78 bits per heavy atom. The summed E-state index contributed by atoms with van der Waals surface area (Å²) in [6, 6.07) is 0. The zero-order chi connectivity index (χ0) is 13.3. The molecule has 0 saturated heterocycles. The van der Waals surface area contributed by atoms with Crippen molar-refractivity contribution in [3.05, 3.63) is 0 Å². The summed E-state index contributed by atoms with van der Waals surface area (Å²) in [5, 5.41) is 0. The monoisotopic (exact) mass is 256 g/mol. The zero-order valence-electron chi connectivity index (χ0n) is 12.4. The van der Waals surface area contributed by atoms with Crippen LogP contribution in [0.1, 0.15) is 58.3 Å². The minimum atomic E-state index is 0.290. The minimum absolute atomic E-state index is 0.290. The summed E-state index contributed by atoms with van der Waals surface area (Å²) in [6.07, 6.45) is 10.5. The van der Waals surface area contributed by atoms with Crippen molar-refractivity contribution in [2.24, 2.45) is 5.73 Å². The lowest BCUT2D eigenvalue weighted by Gasteiger charge is -2.43. The van der Waals surface area contributed by atoms with Gasteiger partial charge in [0.25, 0.3) is 0 Å². The van der Waals surface area contributed by atoms with E-state index in [1.54, 1.807) is 7.11 Å². The molecule has 0 aromatic heterocycles. The molecular formula is C15H32N2O. The molecule has 0 heterocycles. The highest BCUT2D eigenvalue weighted by atomic mass is 16.5. The summed E-state index contributed by atoms with van der Waals surface area (Å²) in [7, 11) is 1.78. The number of likely N-dealkylation sites (N-methyl/N-ethyl adjacent to an activating group) is 1. The quantitative estimate of drug-likeness (QED) is 0.536. The lowest BCUT2D eigenvalue weighted by molar-refractivity contribution is 0.0783. The predicted octanol–water partition coefficient (Wildman–Crippen LogP) is 2.79. The second-order valence-corrected chi connectivity index (χ2v) is 5.62. The summed E-state index contributed by atoms with van der Waals surface area (Å²) in [4.78, 5) is 2.65. The molecule has 0 aromatic rings. The van der Waals surface area contributed by atoms with Crippen molar-refractivity contribution < 1.29 is 4.74 Å². The van der Waals surface area contributed by atoms with Crippen molar-refractivity contribution in [2.45, 2.75) is 63.8 Å². The third-order valence-electron chi connectivity index (χ3n) is 4.49. The Bertz CT molecular complexity index is 201. The second kappa shape index (κ2) is 8.89. The molecule has 0 unspecified atom stereocenters. The fraction of sp³-hybridized carbons (Fsp3) is 1.00. The number of rotatable bonds is 8. The van der Waals surface area contributed by atoms with Gasteiger partial charge in [-0.2, -0.15) is 0 Å². The van der Waals surface area contributed by atoms with Crippen molar-refractivity contribution in [1.82, 2.24) is 4.90 Å². The maximum Gasteiger partial charge on any atom is 0.0462 e. The molecule has 0 radical (unpaired) electrons. The lowest BCUT2D eigenvalue weighted by atomic mass is 9.87. The van der Waals surface area contributed by atoms with Crippen LogP contribution in [-0.4, -0.2) is 43.8 Å². The standard InChI is InChI=1S/C15H32N2O/c1-3-17(12-8-9-13-18-2)15(14-16)10-6-4-5-7-11-15/h3-14,16H2,1-2H3. The number of nitrogens with two attached hydrogens (primary N) is 1. The van der Waals surface area contributed by atoms with Gasteiger partial charge in [-0.3, -0.25) is 4.90 Å². The molecule has 0 spiro atoms. The number of ether oxygens (including phenoxy) is 1. The minimum Gasteiger partial charge on any atom is -0.385 e. The zero-order valence-corrected chi connectivity index (χ0v) is 12.4. The van der Waals surface area contributed by atoms with Crippen LogP contribution >= 0.6 is 0 Å². The van der Waals surface area contributed by atoms with Crippen molar-refractivity contribution in [2.75, 3.05) is 33.4 Å². The van der Waals surface area contributed by atoms with Gasteiger partial charge in [-0.15, -0.1) is 0 Å². The molecule has 1 saturated carbocycles. The Morgan fingerprint density at radius 1 is 1.11 bits per heavy atom. The summed E-state index contributed by atoms with van der Waals surface area (Å²) in [5.41, 5.74) is 6.44. The molecule has 108 valence electrons. The summed E-state index contributed by atoms with van der Waals surface area (Å²) in [6.45, 7) is 6.29. The molecular weight excluding hydrogens is 224 g/mol. The molecule has 18 heavy (non-hydrogen) atoms. The second-order valence-electron chi connectivity index (χ2n) is 5.62. The molecule has 1 fully saturated rings. The first kappa shape index (κ1) is 15.9. The average molecular weight is 256 g/mol. The van der Waals surface area contributed by atoms with E-state index in [0.717, 1.165) is 26.1 Å². The maximum atomic E-state index is 6.15. The van der Waals surface area contributed by atoms with Crippen LogP contribution in [0.25, 0.3) is 0 Å². The number of nitrogens with zero attached hydrogens (tertiary/aromatic N) is 1. The molecule has 1 aliphatic carbocycles. The molecule has 2 N–H and O–H groups in total. The van der Waals surface area contributed by atoms with Crippen LogP contribution in [0.15, 0.2) is 0 Å². The summed E-state index contributed by atoms with van der Waals surface area (Å²) < 4.78 is 5.13. The van der Waals surface area contributed by atoms with Gasteiger partial charge in [-0.05, 0) is 38.8 Å². The Morgan fingerprint density at radius 3 is 2.28 bits per heavy atom. The molecule has 0 atom stereocenters. The van der Waals surface area contributed by atoms with E-state index in [9.17, 15) is 0 Å². The first-order chi connectivity index (χ1) is 8.79. The normalized spacial score (nSPS) is 20.0. The fourth-order valence-electron chi connectivity index (χ4n) is 3.32. The van der Waals surface area contributed by atoms with E-state index < -0.39 is 0 Å². The van der Waals surface area contributed by atoms with Crippen LogP contribution in [0.5, 0.6) is 0 Å². The van der Waals surface area contributed by atoms with Crippen LogP contribution < -0.4 is 5.73 Å². The van der Waals surface area contributed by atoms with Crippen molar-refractivity contribution >= 4 is 0 Å². The van der Waals surface area contributed by atoms with Gasteiger partial charge in [0, 0.05) is 25.8 Å². The number of hydrogen-bond acceptors (Lipinski definition) is 3. The molecule has 3 nitrogen and oxygen atoms in total.